The van der Waals surface area contributed by atoms with Crippen LogP contribution in [0.4, 0.5) is 20.6 Å². The molecule has 2 amide bonds. The second-order valence-corrected chi connectivity index (χ2v) is 7.98. The number of benzene rings is 2. The highest BCUT2D eigenvalue weighted by molar-refractivity contribution is 5.90. The molecule has 2 aliphatic heterocycles. The fourth-order valence-electron chi connectivity index (χ4n) is 3.98. The second-order valence-electron chi connectivity index (χ2n) is 7.98. The molecule has 0 aliphatic carbocycles. The summed E-state index contributed by atoms with van der Waals surface area (Å²) < 4.78 is 20.1. The monoisotopic (exact) mass is 427 g/mol. The number of halogens is 1. The van der Waals surface area contributed by atoms with Crippen LogP contribution in [0.3, 0.4) is 0 Å². The summed E-state index contributed by atoms with van der Waals surface area (Å²) in [6.07, 6.45) is 0.253. The van der Waals surface area contributed by atoms with Crippen molar-refractivity contribution in [2.24, 2.45) is 0 Å². The number of hydrogen-bond donors (Lipinski definition) is 2. The molecular weight excluding hydrogens is 401 g/mol. The number of aliphatic hydroxyl groups is 1. The Morgan fingerprint density at radius 2 is 1.84 bits per heavy atom. The predicted octanol–water partition coefficient (Wildman–Crippen LogP) is 2.92. The van der Waals surface area contributed by atoms with Gasteiger partial charge in [0.25, 0.3) is 0 Å². The number of anilines is 2. The number of amides is 2. The van der Waals surface area contributed by atoms with Crippen molar-refractivity contribution in [1.82, 2.24) is 5.32 Å². The molecule has 1 atom stereocenters. The van der Waals surface area contributed by atoms with Crippen LogP contribution in [0.15, 0.2) is 42.5 Å². The van der Waals surface area contributed by atoms with E-state index in [0.29, 0.717) is 11.3 Å². The molecule has 2 aromatic carbocycles. The van der Waals surface area contributed by atoms with Crippen LogP contribution in [0.1, 0.15) is 19.8 Å². The van der Waals surface area contributed by atoms with Crippen molar-refractivity contribution in [3.63, 3.8) is 0 Å². The lowest BCUT2D eigenvalue weighted by atomic mass is 10.0. The topological polar surface area (TPSA) is 82.1 Å². The molecule has 0 radical (unpaired) electrons. The van der Waals surface area contributed by atoms with E-state index < -0.39 is 18.0 Å². The zero-order chi connectivity index (χ0) is 22.0. The van der Waals surface area contributed by atoms with Crippen molar-refractivity contribution in [3.05, 3.63) is 48.3 Å². The lowest BCUT2D eigenvalue weighted by molar-refractivity contribution is -0.119. The molecule has 31 heavy (non-hydrogen) atoms. The fourth-order valence-corrected chi connectivity index (χ4v) is 3.98. The standard InChI is InChI=1S/C23H26FN3O4/c1-15(28)25-13-20-14-27(23(30)31-20)18-6-7-21(22(24)12-18)16-2-4-17(5-3-16)26-10-8-19(29)9-11-26/h2-7,12,19-20,29H,8-11,13-14H2,1H3,(H,25,28)/t20-/m0/s1. The molecule has 0 unspecified atom stereocenters. The van der Waals surface area contributed by atoms with Crippen molar-refractivity contribution in [2.45, 2.75) is 32.0 Å². The molecule has 0 bridgehead atoms. The Morgan fingerprint density at radius 3 is 2.48 bits per heavy atom. The predicted molar refractivity (Wildman–Crippen MR) is 116 cm³/mol. The van der Waals surface area contributed by atoms with E-state index in [1.54, 1.807) is 12.1 Å². The third kappa shape index (κ3) is 4.80. The normalized spacial score (nSPS) is 19.5. The Morgan fingerprint density at radius 1 is 1.16 bits per heavy atom. The van der Waals surface area contributed by atoms with Gasteiger partial charge in [0.2, 0.25) is 5.91 Å². The van der Waals surface area contributed by atoms with Gasteiger partial charge < -0.3 is 20.1 Å². The van der Waals surface area contributed by atoms with Gasteiger partial charge in [0, 0.05) is 31.3 Å². The number of hydrogen-bond acceptors (Lipinski definition) is 5. The van der Waals surface area contributed by atoms with Gasteiger partial charge in [0.15, 0.2) is 0 Å². The molecule has 2 N–H and O–H groups in total. The minimum Gasteiger partial charge on any atom is -0.442 e. The van der Waals surface area contributed by atoms with E-state index in [-0.39, 0.29) is 25.1 Å². The van der Waals surface area contributed by atoms with E-state index >= 15 is 0 Å². The second kappa shape index (κ2) is 8.93. The SMILES string of the molecule is CC(=O)NC[C@H]1CN(c2ccc(-c3ccc(N4CCC(O)CC4)cc3)c(F)c2)C(=O)O1. The van der Waals surface area contributed by atoms with Crippen LogP contribution in [0.25, 0.3) is 11.1 Å². The van der Waals surface area contributed by atoms with Crippen LogP contribution < -0.4 is 15.1 Å². The van der Waals surface area contributed by atoms with Crippen molar-refractivity contribution in [2.75, 3.05) is 36.0 Å². The summed E-state index contributed by atoms with van der Waals surface area (Å²) >= 11 is 0. The van der Waals surface area contributed by atoms with E-state index in [1.807, 2.05) is 24.3 Å². The lowest BCUT2D eigenvalue weighted by Crippen LogP contribution is -2.35. The molecule has 0 saturated carbocycles. The van der Waals surface area contributed by atoms with Crippen LogP contribution in [0.5, 0.6) is 0 Å². The molecule has 2 saturated heterocycles. The van der Waals surface area contributed by atoms with Crippen LogP contribution >= 0.6 is 0 Å². The van der Waals surface area contributed by atoms with Gasteiger partial charge in [-0.2, -0.15) is 0 Å². The number of aliphatic hydroxyl groups excluding tert-OH is 1. The highest BCUT2D eigenvalue weighted by Gasteiger charge is 2.32. The largest absolute Gasteiger partial charge is 0.442 e. The van der Waals surface area contributed by atoms with E-state index in [9.17, 15) is 19.1 Å². The minimum atomic E-state index is -0.557. The maximum absolute atomic E-state index is 14.9. The first-order valence-corrected chi connectivity index (χ1v) is 10.5. The van der Waals surface area contributed by atoms with Gasteiger partial charge in [-0.25, -0.2) is 9.18 Å². The van der Waals surface area contributed by atoms with Gasteiger partial charge in [0.1, 0.15) is 11.9 Å². The summed E-state index contributed by atoms with van der Waals surface area (Å²) in [4.78, 5) is 26.8. The summed E-state index contributed by atoms with van der Waals surface area (Å²) in [5.41, 5.74) is 2.67. The molecular formula is C23H26FN3O4. The van der Waals surface area contributed by atoms with E-state index in [1.165, 1.54) is 17.9 Å². The van der Waals surface area contributed by atoms with Gasteiger partial charge in [-0.15, -0.1) is 0 Å². The van der Waals surface area contributed by atoms with Gasteiger partial charge >= 0.3 is 6.09 Å². The molecule has 0 spiro atoms. The van der Waals surface area contributed by atoms with Crippen molar-refractivity contribution < 1.29 is 23.8 Å². The van der Waals surface area contributed by atoms with Gasteiger partial charge in [0.05, 0.1) is 24.9 Å². The molecule has 4 rings (SSSR count). The minimum absolute atomic E-state index is 0.200. The van der Waals surface area contributed by atoms with Crippen LogP contribution in [0, 0.1) is 5.82 Å². The molecule has 8 heteroatoms. The molecule has 2 heterocycles. The third-order valence-electron chi connectivity index (χ3n) is 5.73. The molecule has 2 aliphatic rings. The Kier molecular flexibility index (Phi) is 6.08. The van der Waals surface area contributed by atoms with E-state index in [0.717, 1.165) is 37.2 Å². The Bertz CT molecular complexity index is 958. The molecule has 2 aromatic rings. The van der Waals surface area contributed by atoms with E-state index in [4.69, 9.17) is 4.74 Å². The number of carbonyl (C=O) groups is 2. The van der Waals surface area contributed by atoms with Crippen molar-refractivity contribution in [1.29, 1.82) is 0 Å². The number of cyclic esters (lactones) is 1. The molecule has 164 valence electrons. The number of nitrogens with one attached hydrogen (secondary N) is 1. The van der Waals surface area contributed by atoms with Crippen LogP contribution in [-0.2, 0) is 9.53 Å². The number of piperidine rings is 1. The van der Waals surface area contributed by atoms with Gasteiger partial charge in [-0.05, 0) is 48.7 Å². The molecule has 0 aromatic heterocycles. The fraction of sp³-hybridized carbons (Fsp3) is 0.391. The van der Waals surface area contributed by atoms with Crippen molar-refractivity contribution in [3.8, 4) is 11.1 Å². The summed E-state index contributed by atoms with van der Waals surface area (Å²) in [6, 6.07) is 12.4. The first-order valence-electron chi connectivity index (χ1n) is 10.5. The highest BCUT2D eigenvalue weighted by Crippen LogP contribution is 2.30. The van der Waals surface area contributed by atoms with Gasteiger partial charge in [-0.1, -0.05) is 12.1 Å². The summed E-state index contributed by atoms with van der Waals surface area (Å²) in [5.74, 6) is -0.627. The van der Waals surface area contributed by atoms with Crippen LogP contribution in [0.2, 0.25) is 0 Å². The summed E-state index contributed by atoms with van der Waals surface area (Å²) in [7, 11) is 0. The Hall–Kier alpha value is -3.13. The zero-order valence-electron chi connectivity index (χ0n) is 17.4. The maximum atomic E-state index is 14.9. The number of rotatable bonds is 5. The molecule has 7 nitrogen and oxygen atoms in total. The zero-order valence-corrected chi connectivity index (χ0v) is 17.4. The highest BCUT2D eigenvalue weighted by atomic mass is 19.1. The maximum Gasteiger partial charge on any atom is 0.414 e. The number of ether oxygens (including phenoxy) is 1. The van der Waals surface area contributed by atoms with Gasteiger partial charge in [-0.3, -0.25) is 9.69 Å². The first kappa shape index (κ1) is 21.1. The quantitative estimate of drug-likeness (QED) is 0.767. The van der Waals surface area contributed by atoms with Crippen LogP contribution in [-0.4, -0.2) is 55.5 Å². The average Bonchev–Trinajstić information content (AvgIpc) is 3.13. The van der Waals surface area contributed by atoms with Crippen molar-refractivity contribution >= 4 is 23.4 Å². The lowest BCUT2D eigenvalue weighted by Gasteiger charge is -2.31. The number of carbonyl (C=O) groups excluding carboxylic acids is 2. The Labute approximate surface area is 180 Å². The number of nitrogens with zero attached hydrogens (tertiary/aromatic N) is 2. The first-order chi connectivity index (χ1) is 14.9. The summed E-state index contributed by atoms with van der Waals surface area (Å²) in [6.45, 7) is 3.47. The smallest absolute Gasteiger partial charge is 0.414 e. The van der Waals surface area contributed by atoms with E-state index in [2.05, 4.69) is 10.2 Å². The summed E-state index contributed by atoms with van der Waals surface area (Å²) in [5, 5.41) is 12.3. The molecule has 2 fully saturated rings. The average molecular weight is 427 g/mol. The Balaban J connectivity index is 1.45. The third-order valence-corrected chi connectivity index (χ3v) is 5.73.